The Morgan fingerprint density at radius 1 is 1.23 bits per heavy atom. The summed E-state index contributed by atoms with van der Waals surface area (Å²) in [6.45, 7) is -0.380. The maximum atomic E-state index is 13.5. The lowest BCUT2D eigenvalue weighted by Crippen LogP contribution is -2.29. The molecule has 1 amide bonds. The summed E-state index contributed by atoms with van der Waals surface area (Å²) in [5.74, 6) is -2.56. The first-order valence-electron chi connectivity index (χ1n) is 6.29. The van der Waals surface area contributed by atoms with E-state index < -0.39 is 29.2 Å². The molecule has 1 atom stereocenters. The molecule has 7 heteroatoms. The topological polar surface area (TPSA) is 69.6 Å². The van der Waals surface area contributed by atoms with Crippen LogP contribution in [0.2, 0.25) is 5.02 Å². The number of aliphatic hydroxyl groups is 1. The van der Waals surface area contributed by atoms with Crippen molar-refractivity contribution in [2.75, 3.05) is 6.54 Å². The lowest BCUT2D eigenvalue weighted by Gasteiger charge is -2.14. The molecule has 0 aromatic heterocycles. The Morgan fingerprint density at radius 3 is 2.45 bits per heavy atom. The summed E-state index contributed by atoms with van der Waals surface area (Å²) in [5, 5.41) is 21.4. The predicted octanol–water partition coefficient (Wildman–Crippen LogP) is 2.79. The number of phenols is 1. The smallest absolute Gasteiger partial charge is 0.251 e. The number of amides is 1. The molecule has 3 N–H and O–H groups in total. The SMILES string of the molecule is O=C(NCC(O)c1c(F)cccc1F)c1ccc(O)c(Cl)c1. The van der Waals surface area contributed by atoms with Crippen molar-refractivity contribution in [3.63, 3.8) is 0 Å². The lowest BCUT2D eigenvalue weighted by molar-refractivity contribution is 0.0911. The van der Waals surface area contributed by atoms with Crippen LogP contribution in [0.1, 0.15) is 22.0 Å². The third-order valence-electron chi connectivity index (χ3n) is 3.00. The fraction of sp³-hybridized carbons (Fsp3) is 0.133. The van der Waals surface area contributed by atoms with Crippen molar-refractivity contribution in [2.45, 2.75) is 6.10 Å². The van der Waals surface area contributed by atoms with Gasteiger partial charge in [-0.25, -0.2) is 8.78 Å². The molecule has 0 spiro atoms. The highest BCUT2D eigenvalue weighted by molar-refractivity contribution is 6.32. The van der Waals surface area contributed by atoms with Crippen LogP contribution in [0, 0.1) is 11.6 Å². The Morgan fingerprint density at radius 2 is 1.86 bits per heavy atom. The highest BCUT2D eigenvalue weighted by atomic mass is 35.5. The zero-order chi connectivity index (χ0) is 16.3. The van der Waals surface area contributed by atoms with E-state index in [9.17, 15) is 23.8 Å². The van der Waals surface area contributed by atoms with Gasteiger partial charge in [-0.3, -0.25) is 4.79 Å². The second-order valence-electron chi connectivity index (χ2n) is 4.53. The number of aliphatic hydroxyl groups excluding tert-OH is 1. The molecule has 116 valence electrons. The molecule has 0 aliphatic heterocycles. The number of aromatic hydroxyl groups is 1. The summed E-state index contributed by atoms with van der Waals surface area (Å²) < 4.78 is 27.0. The van der Waals surface area contributed by atoms with Gasteiger partial charge in [0.1, 0.15) is 23.5 Å². The first kappa shape index (κ1) is 16.2. The van der Waals surface area contributed by atoms with Gasteiger partial charge in [0.25, 0.3) is 5.91 Å². The Bertz CT molecular complexity index is 689. The van der Waals surface area contributed by atoms with Crippen molar-refractivity contribution < 1.29 is 23.8 Å². The predicted molar refractivity (Wildman–Crippen MR) is 76.8 cm³/mol. The standard InChI is InChI=1S/C15H12ClF2NO3/c16-9-6-8(4-5-12(9)20)15(22)19-7-13(21)14-10(17)2-1-3-11(14)18/h1-6,13,20-21H,7H2,(H,19,22). The number of rotatable bonds is 4. The monoisotopic (exact) mass is 327 g/mol. The number of hydrogen-bond donors (Lipinski definition) is 3. The number of carbonyl (C=O) groups excluding carboxylic acids is 1. The lowest BCUT2D eigenvalue weighted by atomic mass is 10.1. The third kappa shape index (κ3) is 3.52. The van der Waals surface area contributed by atoms with Crippen LogP contribution in [0.3, 0.4) is 0 Å². The van der Waals surface area contributed by atoms with Crippen molar-refractivity contribution in [3.05, 3.63) is 64.2 Å². The van der Waals surface area contributed by atoms with Gasteiger partial charge in [0, 0.05) is 12.1 Å². The fourth-order valence-electron chi connectivity index (χ4n) is 1.87. The molecule has 0 bridgehead atoms. The summed E-state index contributed by atoms with van der Waals surface area (Å²) in [6, 6.07) is 7.02. The van der Waals surface area contributed by atoms with E-state index in [-0.39, 0.29) is 22.9 Å². The molecule has 0 saturated heterocycles. The van der Waals surface area contributed by atoms with E-state index in [1.54, 1.807) is 0 Å². The average molecular weight is 328 g/mol. The molecule has 1 unspecified atom stereocenters. The Kier molecular flexibility index (Phi) is 4.95. The van der Waals surface area contributed by atoms with Gasteiger partial charge >= 0.3 is 0 Å². The Balaban J connectivity index is 2.06. The molecule has 4 nitrogen and oxygen atoms in total. The molecule has 0 saturated carbocycles. The summed E-state index contributed by atoms with van der Waals surface area (Å²) in [6.07, 6.45) is -1.53. The van der Waals surface area contributed by atoms with Crippen molar-refractivity contribution in [1.29, 1.82) is 0 Å². The first-order chi connectivity index (χ1) is 10.4. The average Bonchev–Trinajstić information content (AvgIpc) is 2.47. The van der Waals surface area contributed by atoms with Crippen molar-refractivity contribution >= 4 is 17.5 Å². The molecule has 0 fully saturated rings. The fourth-order valence-corrected chi connectivity index (χ4v) is 2.05. The number of hydrogen-bond acceptors (Lipinski definition) is 3. The van der Waals surface area contributed by atoms with E-state index >= 15 is 0 Å². The van der Waals surface area contributed by atoms with Crippen LogP contribution in [0.5, 0.6) is 5.75 Å². The molecule has 0 radical (unpaired) electrons. The molecular weight excluding hydrogens is 316 g/mol. The van der Waals surface area contributed by atoms with Gasteiger partial charge in [0.15, 0.2) is 0 Å². The number of phenolic OH excluding ortho intramolecular Hbond substituents is 1. The molecule has 22 heavy (non-hydrogen) atoms. The van der Waals surface area contributed by atoms with Gasteiger partial charge in [0.05, 0.1) is 10.6 Å². The quantitative estimate of drug-likeness (QED) is 0.808. The van der Waals surface area contributed by atoms with E-state index in [4.69, 9.17) is 11.6 Å². The number of carbonyl (C=O) groups is 1. The van der Waals surface area contributed by atoms with Crippen LogP contribution in [-0.4, -0.2) is 22.7 Å². The summed E-state index contributed by atoms with van der Waals surface area (Å²) in [4.78, 5) is 11.9. The number of nitrogens with one attached hydrogen (secondary N) is 1. The van der Waals surface area contributed by atoms with Crippen molar-refractivity contribution in [3.8, 4) is 5.75 Å². The van der Waals surface area contributed by atoms with E-state index in [2.05, 4.69) is 5.32 Å². The van der Waals surface area contributed by atoms with Gasteiger partial charge in [-0.1, -0.05) is 17.7 Å². The zero-order valence-electron chi connectivity index (χ0n) is 11.2. The molecule has 0 aliphatic rings. The molecule has 2 aromatic carbocycles. The van der Waals surface area contributed by atoms with Gasteiger partial charge in [-0.15, -0.1) is 0 Å². The normalized spacial score (nSPS) is 12.0. The van der Waals surface area contributed by atoms with Crippen LogP contribution >= 0.6 is 11.6 Å². The number of benzene rings is 2. The van der Waals surface area contributed by atoms with E-state index in [1.807, 2.05) is 0 Å². The third-order valence-corrected chi connectivity index (χ3v) is 3.30. The van der Waals surface area contributed by atoms with E-state index in [0.29, 0.717) is 0 Å². The van der Waals surface area contributed by atoms with E-state index in [0.717, 1.165) is 12.1 Å². The van der Waals surface area contributed by atoms with Crippen LogP contribution < -0.4 is 5.32 Å². The zero-order valence-corrected chi connectivity index (χ0v) is 11.9. The van der Waals surface area contributed by atoms with Crippen LogP contribution in [0.4, 0.5) is 8.78 Å². The molecule has 0 heterocycles. The van der Waals surface area contributed by atoms with Crippen LogP contribution in [0.15, 0.2) is 36.4 Å². The molecular formula is C15H12ClF2NO3. The first-order valence-corrected chi connectivity index (χ1v) is 6.66. The minimum absolute atomic E-state index is 0.00616. The second kappa shape index (κ2) is 6.72. The highest BCUT2D eigenvalue weighted by Gasteiger charge is 2.19. The maximum Gasteiger partial charge on any atom is 0.251 e. The summed E-state index contributed by atoms with van der Waals surface area (Å²) in [7, 11) is 0. The highest BCUT2D eigenvalue weighted by Crippen LogP contribution is 2.24. The molecule has 2 aromatic rings. The van der Waals surface area contributed by atoms with Gasteiger partial charge in [-0.2, -0.15) is 0 Å². The minimum Gasteiger partial charge on any atom is -0.506 e. The van der Waals surface area contributed by atoms with Gasteiger partial charge in [-0.05, 0) is 30.3 Å². The summed E-state index contributed by atoms with van der Waals surface area (Å²) >= 11 is 5.68. The Hall–Kier alpha value is -2.18. The minimum atomic E-state index is -1.53. The van der Waals surface area contributed by atoms with Crippen molar-refractivity contribution in [2.24, 2.45) is 0 Å². The van der Waals surface area contributed by atoms with Gasteiger partial charge in [0.2, 0.25) is 0 Å². The van der Waals surface area contributed by atoms with Crippen LogP contribution in [-0.2, 0) is 0 Å². The summed E-state index contributed by atoms with van der Waals surface area (Å²) in [5.41, 5.74) is -0.365. The van der Waals surface area contributed by atoms with Crippen LogP contribution in [0.25, 0.3) is 0 Å². The largest absolute Gasteiger partial charge is 0.506 e. The van der Waals surface area contributed by atoms with Gasteiger partial charge < -0.3 is 15.5 Å². The van der Waals surface area contributed by atoms with E-state index in [1.165, 1.54) is 24.3 Å². The molecule has 0 aliphatic carbocycles. The van der Waals surface area contributed by atoms with Crippen molar-refractivity contribution in [1.82, 2.24) is 5.32 Å². The molecule has 2 rings (SSSR count). The maximum absolute atomic E-state index is 13.5. The number of halogens is 3. The second-order valence-corrected chi connectivity index (χ2v) is 4.93. The Labute approximate surface area is 130 Å².